The van der Waals surface area contributed by atoms with Gasteiger partial charge < -0.3 is 14.9 Å². The van der Waals surface area contributed by atoms with Crippen LogP contribution in [0.25, 0.3) is 5.76 Å². The number of likely N-dealkylation sites (tertiary alicyclic amines) is 1. The molecule has 3 rings (SSSR count). The zero-order chi connectivity index (χ0) is 20.3. The summed E-state index contributed by atoms with van der Waals surface area (Å²) in [5.41, 5.74) is 2.57. The highest BCUT2D eigenvalue weighted by molar-refractivity contribution is 6.46. The van der Waals surface area contributed by atoms with E-state index >= 15 is 0 Å². The maximum Gasteiger partial charge on any atom is 0.295 e. The number of carbonyl (C=O) groups is 2. The average molecular weight is 378 g/mol. The molecule has 2 aromatic carbocycles. The van der Waals surface area contributed by atoms with Crippen LogP contribution < -0.4 is 0 Å². The van der Waals surface area contributed by atoms with Crippen LogP contribution in [0.3, 0.4) is 0 Å². The van der Waals surface area contributed by atoms with E-state index in [0.717, 1.165) is 24.1 Å². The number of rotatable bonds is 6. The molecule has 0 bridgehead atoms. The Bertz CT molecular complexity index is 886. The van der Waals surface area contributed by atoms with E-state index in [4.69, 9.17) is 0 Å². The van der Waals surface area contributed by atoms with Crippen molar-refractivity contribution in [2.24, 2.45) is 0 Å². The number of aliphatic hydroxyl groups excluding tert-OH is 1. The van der Waals surface area contributed by atoms with Crippen LogP contribution in [0.4, 0.5) is 0 Å². The van der Waals surface area contributed by atoms with Gasteiger partial charge in [-0.25, -0.2) is 0 Å². The summed E-state index contributed by atoms with van der Waals surface area (Å²) in [5, 5.41) is 10.9. The maximum atomic E-state index is 12.9. The molecular formula is C23H26N2O3. The van der Waals surface area contributed by atoms with Crippen molar-refractivity contribution < 1.29 is 14.7 Å². The molecule has 146 valence electrons. The van der Waals surface area contributed by atoms with Crippen molar-refractivity contribution in [1.29, 1.82) is 0 Å². The fourth-order valence-electron chi connectivity index (χ4n) is 3.52. The Hall–Kier alpha value is -2.92. The van der Waals surface area contributed by atoms with Gasteiger partial charge in [-0.2, -0.15) is 0 Å². The van der Waals surface area contributed by atoms with Gasteiger partial charge in [-0.15, -0.1) is 0 Å². The lowest BCUT2D eigenvalue weighted by Gasteiger charge is -2.26. The highest BCUT2D eigenvalue weighted by Crippen LogP contribution is 2.39. The van der Waals surface area contributed by atoms with Gasteiger partial charge in [0.05, 0.1) is 11.6 Å². The van der Waals surface area contributed by atoms with Crippen LogP contribution in [0.5, 0.6) is 0 Å². The van der Waals surface area contributed by atoms with Crippen LogP contribution in [0, 0.1) is 6.92 Å². The minimum atomic E-state index is -0.628. The van der Waals surface area contributed by atoms with Gasteiger partial charge in [0, 0.05) is 12.1 Å². The summed E-state index contributed by atoms with van der Waals surface area (Å²) in [5.74, 6) is -1.31. The lowest BCUT2D eigenvalue weighted by atomic mass is 9.95. The number of nitrogens with zero attached hydrogens (tertiary/aromatic N) is 2. The van der Waals surface area contributed by atoms with Crippen LogP contribution in [-0.4, -0.2) is 53.8 Å². The van der Waals surface area contributed by atoms with Gasteiger partial charge in [0.15, 0.2) is 0 Å². The second kappa shape index (κ2) is 8.40. The Labute approximate surface area is 165 Å². The number of hydrogen-bond acceptors (Lipinski definition) is 4. The number of hydrogen-bond donors (Lipinski definition) is 1. The maximum absolute atomic E-state index is 12.9. The minimum absolute atomic E-state index is 0.123. The first-order valence-electron chi connectivity index (χ1n) is 9.45. The van der Waals surface area contributed by atoms with Crippen LogP contribution in [-0.2, 0) is 9.59 Å². The van der Waals surface area contributed by atoms with Crippen LogP contribution in [0.15, 0.2) is 60.2 Å². The second-order valence-electron chi connectivity index (χ2n) is 7.43. The van der Waals surface area contributed by atoms with E-state index in [0.29, 0.717) is 12.1 Å². The molecule has 1 saturated heterocycles. The number of Topliss-reactive ketones (excluding diaryl/α,β-unsaturated/α-hetero) is 1. The molecule has 5 heteroatoms. The zero-order valence-electron chi connectivity index (χ0n) is 16.6. The first-order valence-corrected chi connectivity index (χ1v) is 9.45. The lowest BCUT2D eigenvalue weighted by molar-refractivity contribution is -0.139. The van der Waals surface area contributed by atoms with Crippen molar-refractivity contribution in [1.82, 2.24) is 9.80 Å². The third kappa shape index (κ3) is 3.99. The van der Waals surface area contributed by atoms with Crippen molar-refractivity contribution in [3.63, 3.8) is 0 Å². The largest absolute Gasteiger partial charge is 0.507 e. The quantitative estimate of drug-likeness (QED) is 0.476. The SMILES string of the molecule is Cc1ccc(C(O)=C2C(=O)C(=O)N(CCCN(C)C)[C@H]2c2ccccc2)cc1. The van der Waals surface area contributed by atoms with E-state index in [2.05, 4.69) is 0 Å². The normalized spacial score (nSPS) is 18.9. The van der Waals surface area contributed by atoms with Gasteiger partial charge in [0.1, 0.15) is 5.76 Å². The Balaban J connectivity index is 2.06. The first-order chi connectivity index (χ1) is 13.4. The van der Waals surface area contributed by atoms with Gasteiger partial charge in [-0.05, 0) is 39.5 Å². The number of benzene rings is 2. The summed E-state index contributed by atoms with van der Waals surface area (Å²) >= 11 is 0. The fraction of sp³-hybridized carbons (Fsp3) is 0.304. The molecule has 28 heavy (non-hydrogen) atoms. The van der Waals surface area contributed by atoms with E-state index in [-0.39, 0.29) is 11.3 Å². The topological polar surface area (TPSA) is 60.9 Å². The average Bonchev–Trinajstić information content (AvgIpc) is 2.93. The second-order valence-corrected chi connectivity index (χ2v) is 7.43. The van der Waals surface area contributed by atoms with Gasteiger partial charge in [-0.1, -0.05) is 60.2 Å². The number of amides is 1. The standard InChI is InChI=1S/C23H26N2O3/c1-16-10-12-18(13-11-16)21(26)19-20(17-8-5-4-6-9-17)25(23(28)22(19)27)15-7-14-24(2)3/h4-6,8-13,20,26H,7,14-15H2,1-3H3/t20-/m0/s1. The Morgan fingerprint density at radius 2 is 1.68 bits per heavy atom. The minimum Gasteiger partial charge on any atom is -0.507 e. The molecule has 0 radical (unpaired) electrons. The van der Waals surface area contributed by atoms with Gasteiger partial charge >= 0.3 is 0 Å². The number of carbonyl (C=O) groups excluding carboxylic acids is 2. The summed E-state index contributed by atoms with van der Waals surface area (Å²) in [6.45, 7) is 3.22. The van der Waals surface area contributed by atoms with E-state index < -0.39 is 17.7 Å². The summed E-state index contributed by atoms with van der Waals surface area (Å²) < 4.78 is 0. The summed E-state index contributed by atoms with van der Waals surface area (Å²) in [7, 11) is 3.94. The van der Waals surface area contributed by atoms with Crippen molar-refractivity contribution in [3.05, 3.63) is 76.9 Å². The molecule has 1 N–H and O–H groups in total. The predicted molar refractivity (Wildman–Crippen MR) is 110 cm³/mol. The monoisotopic (exact) mass is 378 g/mol. The molecule has 0 saturated carbocycles. The van der Waals surface area contributed by atoms with E-state index in [1.165, 1.54) is 0 Å². The van der Waals surface area contributed by atoms with Crippen molar-refractivity contribution >= 4 is 17.4 Å². The number of ketones is 1. The Kier molecular flexibility index (Phi) is 5.95. The van der Waals surface area contributed by atoms with Gasteiger partial charge in [-0.3, -0.25) is 9.59 Å². The van der Waals surface area contributed by atoms with E-state index in [9.17, 15) is 14.7 Å². The van der Waals surface area contributed by atoms with E-state index in [1.54, 1.807) is 17.0 Å². The van der Waals surface area contributed by atoms with Crippen LogP contribution in [0.1, 0.15) is 29.2 Å². The summed E-state index contributed by atoms with van der Waals surface area (Å²) in [6, 6.07) is 16.1. The molecule has 1 heterocycles. The third-order valence-corrected chi connectivity index (χ3v) is 4.98. The van der Waals surface area contributed by atoms with Crippen molar-refractivity contribution in [2.75, 3.05) is 27.2 Å². The van der Waals surface area contributed by atoms with Gasteiger partial charge in [0.25, 0.3) is 11.7 Å². The zero-order valence-corrected chi connectivity index (χ0v) is 16.6. The number of aryl methyl sites for hydroxylation is 1. The smallest absolute Gasteiger partial charge is 0.295 e. The lowest BCUT2D eigenvalue weighted by Crippen LogP contribution is -2.32. The molecule has 1 aliphatic heterocycles. The van der Waals surface area contributed by atoms with Crippen molar-refractivity contribution in [3.8, 4) is 0 Å². The molecule has 2 aromatic rings. The highest BCUT2D eigenvalue weighted by Gasteiger charge is 2.45. The third-order valence-electron chi connectivity index (χ3n) is 4.98. The molecule has 1 amide bonds. The number of aliphatic hydroxyl groups is 1. The molecule has 0 aromatic heterocycles. The molecule has 1 atom stereocenters. The molecule has 0 aliphatic carbocycles. The molecule has 1 aliphatic rings. The highest BCUT2D eigenvalue weighted by atomic mass is 16.3. The van der Waals surface area contributed by atoms with Crippen LogP contribution >= 0.6 is 0 Å². The van der Waals surface area contributed by atoms with Gasteiger partial charge in [0.2, 0.25) is 0 Å². The summed E-state index contributed by atoms with van der Waals surface area (Å²) in [6.07, 6.45) is 0.744. The molecule has 0 spiro atoms. The predicted octanol–water partition coefficient (Wildman–Crippen LogP) is 3.37. The molecular weight excluding hydrogens is 352 g/mol. The van der Waals surface area contributed by atoms with Crippen LogP contribution in [0.2, 0.25) is 0 Å². The molecule has 5 nitrogen and oxygen atoms in total. The fourth-order valence-corrected chi connectivity index (χ4v) is 3.52. The first kappa shape index (κ1) is 19.8. The summed E-state index contributed by atoms with van der Waals surface area (Å²) in [4.78, 5) is 29.3. The Morgan fingerprint density at radius 1 is 1.04 bits per heavy atom. The Morgan fingerprint density at radius 3 is 2.29 bits per heavy atom. The molecule has 0 unspecified atom stereocenters. The molecule has 1 fully saturated rings. The van der Waals surface area contributed by atoms with E-state index in [1.807, 2.05) is 68.4 Å². The van der Waals surface area contributed by atoms with Crippen molar-refractivity contribution in [2.45, 2.75) is 19.4 Å².